The molecule has 0 aliphatic heterocycles. The quantitative estimate of drug-likeness (QED) is 0.776. The Hall–Kier alpha value is -1.49. The van der Waals surface area contributed by atoms with Crippen LogP contribution < -0.4 is 4.74 Å². The fraction of sp³-hybridized carbons (Fsp3) is 0.533. The SMILES string of the molecule is COc1cc(C2(C#N)CC(C)(C)C2)ccc1C. The molecule has 1 aromatic rings. The number of benzene rings is 1. The van der Waals surface area contributed by atoms with E-state index in [9.17, 15) is 5.26 Å². The molecule has 0 saturated heterocycles. The van der Waals surface area contributed by atoms with Gasteiger partial charge in [-0.05, 0) is 42.4 Å². The van der Waals surface area contributed by atoms with Crippen LogP contribution >= 0.6 is 0 Å². The van der Waals surface area contributed by atoms with E-state index in [1.807, 2.05) is 19.1 Å². The lowest BCUT2D eigenvalue weighted by atomic mass is 9.52. The molecule has 2 nitrogen and oxygen atoms in total. The Bertz CT molecular complexity index is 474. The molecule has 0 heterocycles. The lowest BCUT2D eigenvalue weighted by Crippen LogP contribution is -2.45. The number of aryl methyl sites for hydroxylation is 1. The second-order valence-electron chi connectivity index (χ2n) is 5.90. The molecule has 1 fully saturated rings. The Labute approximate surface area is 103 Å². The predicted molar refractivity (Wildman–Crippen MR) is 68.0 cm³/mol. The van der Waals surface area contributed by atoms with Crippen LogP contribution in [-0.4, -0.2) is 7.11 Å². The zero-order valence-corrected chi connectivity index (χ0v) is 11.0. The van der Waals surface area contributed by atoms with E-state index in [-0.39, 0.29) is 10.8 Å². The molecule has 1 saturated carbocycles. The highest BCUT2D eigenvalue weighted by Crippen LogP contribution is 2.55. The standard InChI is InChI=1S/C15H19NO/c1-11-5-6-12(7-13(11)17-4)15(10-16)8-14(2,3)9-15/h5-7H,8-9H2,1-4H3. The Morgan fingerprint density at radius 1 is 1.29 bits per heavy atom. The van der Waals surface area contributed by atoms with E-state index in [1.54, 1.807) is 7.11 Å². The van der Waals surface area contributed by atoms with Gasteiger partial charge in [0.25, 0.3) is 0 Å². The molecule has 1 aromatic carbocycles. The molecule has 2 heteroatoms. The van der Waals surface area contributed by atoms with Gasteiger partial charge in [-0.15, -0.1) is 0 Å². The molecule has 0 radical (unpaired) electrons. The number of methoxy groups -OCH3 is 1. The summed E-state index contributed by atoms with van der Waals surface area (Å²) in [5, 5.41) is 9.46. The van der Waals surface area contributed by atoms with Gasteiger partial charge >= 0.3 is 0 Å². The summed E-state index contributed by atoms with van der Waals surface area (Å²) in [4.78, 5) is 0. The molecular weight excluding hydrogens is 210 g/mol. The average molecular weight is 229 g/mol. The van der Waals surface area contributed by atoms with Crippen molar-refractivity contribution < 1.29 is 4.74 Å². The summed E-state index contributed by atoms with van der Waals surface area (Å²) in [6.45, 7) is 6.45. The maximum atomic E-state index is 9.46. The van der Waals surface area contributed by atoms with Gasteiger partial charge in [-0.1, -0.05) is 26.0 Å². The minimum Gasteiger partial charge on any atom is -0.496 e. The van der Waals surface area contributed by atoms with Gasteiger partial charge < -0.3 is 4.74 Å². The summed E-state index contributed by atoms with van der Waals surface area (Å²) in [5.74, 6) is 0.877. The second kappa shape index (κ2) is 3.77. The lowest BCUT2D eigenvalue weighted by molar-refractivity contribution is 0.0997. The first-order chi connectivity index (χ1) is 7.92. The fourth-order valence-electron chi connectivity index (χ4n) is 3.05. The average Bonchev–Trinajstić information content (AvgIpc) is 2.26. The molecule has 0 N–H and O–H groups in total. The highest BCUT2D eigenvalue weighted by Gasteiger charge is 2.50. The Morgan fingerprint density at radius 3 is 2.41 bits per heavy atom. The minimum absolute atomic E-state index is 0.286. The van der Waals surface area contributed by atoms with Crippen molar-refractivity contribution in [2.24, 2.45) is 5.41 Å². The third kappa shape index (κ3) is 1.91. The predicted octanol–water partition coefficient (Wildman–Crippen LogP) is 3.59. The van der Waals surface area contributed by atoms with Gasteiger partial charge in [-0.25, -0.2) is 0 Å². The van der Waals surface area contributed by atoms with E-state index in [0.29, 0.717) is 0 Å². The topological polar surface area (TPSA) is 33.0 Å². The van der Waals surface area contributed by atoms with Gasteiger partial charge in [0.05, 0.1) is 18.6 Å². The van der Waals surface area contributed by atoms with Crippen LogP contribution in [0.2, 0.25) is 0 Å². The zero-order chi connectivity index (χ0) is 12.7. The Morgan fingerprint density at radius 2 is 1.94 bits per heavy atom. The van der Waals surface area contributed by atoms with E-state index < -0.39 is 0 Å². The van der Waals surface area contributed by atoms with Crippen LogP contribution in [0.3, 0.4) is 0 Å². The summed E-state index contributed by atoms with van der Waals surface area (Å²) in [5.41, 5.74) is 2.20. The summed E-state index contributed by atoms with van der Waals surface area (Å²) in [6, 6.07) is 8.63. The van der Waals surface area contributed by atoms with Crippen LogP contribution in [0.15, 0.2) is 18.2 Å². The van der Waals surface area contributed by atoms with Crippen LogP contribution in [0.25, 0.3) is 0 Å². The summed E-state index contributed by atoms with van der Waals surface area (Å²) >= 11 is 0. The van der Waals surface area contributed by atoms with Crippen LogP contribution in [0.5, 0.6) is 5.75 Å². The van der Waals surface area contributed by atoms with Gasteiger partial charge in [-0.3, -0.25) is 0 Å². The van der Waals surface area contributed by atoms with Gasteiger partial charge in [0.1, 0.15) is 5.75 Å². The summed E-state index contributed by atoms with van der Waals surface area (Å²) < 4.78 is 5.34. The Balaban J connectivity index is 2.38. The monoisotopic (exact) mass is 229 g/mol. The van der Waals surface area contributed by atoms with Gasteiger partial charge in [0.15, 0.2) is 0 Å². The van der Waals surface area contributed by atoms with Crippen LogP contribution in [-0.2, 0) is 5.41 Å². The Kier molecular flexibility index (Phi) is 2.66. The molecule has 0 amide bonds. The van der Waals surface area contributed by atoms with Crippen molar-refractivity contribution in [2.75, 3.05) is 7.11 Å². The van der Waals surface area contributed by atoms with Crippen molar-refractivity contribution in [2.45, 2.75) is 39.0 Å². The number of nitriles is 1. The van der Waals surface area contributed by atoms with Crippen molar-refractivity contribution in [1.82, 2.24) is 0 Å². The van der Waals surface area contributed by atoms with E-state index in [4.69, 9.17) is 4.74 Å². The molecule has 17 heavy (non-hydrogen) atoms. The highest BCUT2D eigenvalue weighted by atomic mass is 16.5. The van der Waals surface area contributed by atoms with Crippen molar-refractivity contribution in [3.05, 3.63) is 29.3 Å². The minimum atomic E-state index is -0.301. The fourth-order valence-corrected chi connectivity index (χ4v) is 3.05. The van der Waals surface area contributed by atoms with Crippen molar-refractivity contribution in [3.8, 4) is 11.8 Å². The van der Waals surface area contributed by atoms with Crippen molar-refractivity contribution >= 4 is 0 Å². The molecular formula is C15H19NO. The smallest absolute Gasteiger partial charge is 0.122 e. The first-order valence-electron chi connectivity index (χ1n) is 5.99. The third-order valence-corrected chi connectivity index (χ3v) is 3.74. The van der Waals surface area contributed by atoms with Crippen LogP contribution in [0, 0.1) is 23.7 Å². The molecule has 0 atom stereocenters. The molecule has 0 aromatic heterocycles. The van der Waals surface area contributed by atoms with E-state index >= 15 is 0 Å². The molecule has 1 aliphatic rings. The lowest BCUT2D eigenvalue weighted by Gasteiger charge is -2.49. The molecule has 90 valence electrons. The first kappa shape index (κ1) is 12.0. The van der Waals surface area contributed by atoms with Crippen molar-refractivity contribution in [3.63, 3.8) is 0 Å². The molecule has 1 aliphatic carbocycles. The van der Waals surface area contributed by atoms with Crippen LogP contribution in [0.4, 0.5) is 0 Å². The zero-order valence-electron chi connectivity index (χ0n) is 11.0. The maximum absolute atomic E-state index is 9.46. The van der Waals surface area contributed by atoms with E-state index in [1.165, 1.54) is 0 Å². The summed E-state index contributed by atoms with van der Waals surface area (Å²) in [6.07, 6.45) is 1.87. The number of hydrogen-bond donors (Lipinski definition) is 0. The van der Waals surface area contributed by atoms with Gasteiger partial charge in [0, 0.05) is 0 Å². The maximum Gasteiger partial charge on any atom is 0.122 e. The van der Waals surface area contributed by atoms with Crippen LogP contribution in [0.1, 0.15) is 37.8 Å². The number of rotatable bonds is 2. The van der Waals surface area contributed by atoms with E-state index in [0.717, 1.165) is 29.7 Å². The highest BCUT2D eigenvalue weighted by molar-refractivity contribution is 5.44. The molecule has 2 rings (SSSR count). The summed E-state index contributed by atoms with van der Waals surface area (Å²) in [7, 11) is 1.68. The van der Waals surface area contributed by atoms with Gasteiger partial charge in [-0.2, -0.15) is 5.26 Å². The number of hydrogen-bond acceptors (Lipinski definition) is 2. The number of ether oxygens (including phenoxy) is 1. The number of nitrogens with zero attached hydrogens (tertiary/aromatic N) is 1. The normalized spacial score (nSPS) is 20.2. The largest absolute Gasteiger partial charge is 0.496 e. The van der Waals surface area contributed by atoms with Gasteiger partial charge in [0.2, 0.25) is 0 Å². The van der Waals surface area contributed by atoms with Crippen molar-refractivity contribution in [1.29, 1.82) is 5.26 Å². The first-order valence-corrected chi connectivity index (χ1v) is 5.99. The van der Waals surface area contributed by atoms with E-state index in [2.05, 4.69) is 26.0 Å². The third-order valence-electron chi connectivity index (χ3n) is 3.74. The second-order valence-corrected chi connectivity index (χ2v) is 5.90. The molecule has 0 unspecified atom stereocenters. The molecule has 0 bridgehead atoms. The molecule has 0 spiro atoms.